The summed E-state index contributed by atoms with van der Waals surface area (Å²) in [7, 11) is -2.06. The van der Waals surface area contributed by atoms with Gasteiger partial charge in [-0.1, -0.05) is 6.92 Å². The van der Waals surface area contributed by atoms with Gasteiger partial charge < -0.3 is 9.64 Å². The molecule has 1 saturated heterocycles. The standard InChI is InChI=1S/C10H20N2O4S/c1-3-11-5-7-12(8-6-11)17(14,15)9-4-10(13)16-2/h3-9H2,1-2H3. The van der Waals surface area contributed by atoms with E-state index in [9.17, 15) is 13.2 Å². The number of sulfonamides is 1. The van der Waals surface area contributed by atoms with Gasteiger partial charge in [-0.2, -0.15) is 4.31 Å². The van der Waals surface area contributed by atoms with Gasteiger partial charge in [0.1, 0.15) is 0 Å². The van der Waals surface area contributed by atoms with Crippen molar-refractivity contribution in [2.24, 2.45) is 0 Å². The highest BCUT2D eigenvalue weighted by molar-refractivity contribution is 7.89. The molecule has 0 aromatic carbocycles. The SMILES string of the molecule is CCN1CCN(S(=O)(=O)CCC(=O)OC)CC1. The zero-order valence-corrected chi connectivity index (χ0v) is 11.2. The third kappa shape index (κ3) is 4.25. The van der Waals surface area contributed by atoms with E-state index in [4.69, 9.17) is 0 Å². The zero-order chi connectivity index (χ0) is 12.9. The molecule has 0 N–H and O–H groups in total. The van der Waals surface area contributed by atoms with Crippen molar-refractivity contribution in [1.82, 2.24) is 9.21 Å². The van der Waals surface area contributed by atoms with E-state index < -0.39 is 16.0 Å². The molecule has 1 aliphatic rings. The van der Waals surface area contributed by atoms with Crippen molar-refractivity contribution in [3.63, 3.8) is 0 Å². The topological polar surface area (TPSA) is 66.9 Å². The third-order valence-electron chi connectivity index (χ3n) is 2.96. The number of carbonyl (C=O) groups excluding carboxylic acids is 1. The van der Waals surface area contributed by atoms with Crippen LogP contribution in [0.15, 0.2) is 0 Å². The second-order valence-electron chi connectivity index (χ2n) is 3.98. The molecule has 1 aliphatic heterocycles. The summed E-state index contributed by atoms with van der Waals surface area (Å²) < 4.78 is 29.7. The van der Waals surface area contributed by atoms with E-state index in [1.165, 1.54) is 11.4 Å². The van der Waals surface area contributed by atoms with Crippen molar-refractivity contribution in [2.75, 3.05) is 45.6 Å². The van der Waals surface area contributed by atoms with Crippen molar-refractivity contribution in [2.45, 2.75) is 13.3 Å². The summed E-state index contributed by atoms with van der Waals surface area (Å²) in [6.45, 7) is 5.54. The van der Waals surface area contributed by atoms with Gasteiger partial charge >= 0.3 is 5.97 Å². The number of esters is 1. The Kier molecular flexibility index (Phi) is 5.35. The lowest BCUT2D eigenvalue weighted by molar-refractivity contribution is -0.140. The minimum atomic E-state index is -3.31. The summed E-state index contributed by atoms with van der Waals surface area (Å²) >= 11 is 0. The predicted octanol–water partition coefficient (Wildman–Crippen LogP) is -0.483. The smallest absolute Gasteiger partial charge is 0.306 e. The summed E-state index contributed by atoms with van der Waals surface area (Å²) in [6, 6.07) is 0. The van der Waals surface area contributed by atoms with Crippen molar-refractivity contribution in [3.05, 3.63) is 0 Å². The Morgan fingerprint density at radius 3 is 2.29 bits per heavy atom. The van der Waals surface area contributed by atoms with Crippen molar-refractivity contribution in [1.29, 1.82) is 0 Å². The molecule has 0 unspecified atom stereocenters. The first-order valence-electron chi connectivity index (χ1n) is 5.76. The molecule has 0 radical (unpaired) electrons. The number of hydrogen-bond donors (Lipinski definition) is 0. The van der Waals surface area contributed by atoms with E-state index >= 15 is 0 Å². The van der Waals surface area contributed by atoms with Crippen LogP contribution >= 0.6 is 0 Å². The molecule has 0 amide bonds. The number of piperazine rings is 1. The Labute approximate surface area is 103 Å². The molecule has 0 spiro atoms. The molecular formula is C10H20N2O4S. The van der Waals surface area contributed by atoms with Gasteiger partial charge in [0, 0.05) is 26.2 Å². The maximum absolute atomic E-state index is 11.9. The maximum Gasteiger partial charge on any atom is 0.306 e. The van der Waals surface area contributed by atoms with E-state index in [0.717, 1.165) is 19.6 Å². The summed E-state index contributed by atoms with van der Waals surface area (Å²) in [5, 5.41) is 0. The van der Waals surface area contributed by atoms with E-state index in [-0.39, 0.29) is 12.2 Å². The summed E-state index contributed by atoms with van der Waals surface area (Å²) in [4.78, 5) is 13.1. The number of hydrogen-bond acceptors (Lipinski definition) is 5. The molecule has 1 heterocycles. The molecule has 1 fully saturated rings. The lowest BCUT2D eigenvalue weighted by Gasteiger charge is -2.33. The van der Waals surface area contributed by atoms with Gasteiger partial charge in [-0.05, 0) is 6.54 Å². The van der Waals surface area contributed by atoms with E-state index in [1.54, 1.807) is 0 Å². The first kappa shape index (κ1) is 14.4. The molecule has 7 heteroatoms. The summed E-state index contributed by atoms with van der Waals surface area (Å²) in [5.41, 5.74) is 0. The molecular weight excluding hydrogens is 244 g/mol. The zero-order valence-electron chi connectivity index (χ0n) is 10.4. The third-order valence-corrected chi connectivity index (χ3v) is 4.84. The monoisotopic (exact) mass is 264 g/mol. The quantitative estimate of drug-likeness (QED) is 0.627. The van der Waals surface area contributed by atoms with Crippen LogP contribution in [-0.4, -0.2) is 69.2 Å². The van der Waals surface area contributed by atoms with E-state index in [1.807, 2.05) is 0 Å². The van der Waals surface area contributed by atoms with Crippen LogP contribution in [0, 0.1) is 0 Å². The lowest BCUT2D eigenvalue weighted by atomic mass is 10.4. The minimum absolute atomic E-state index is 0.0766. The molecule has 0 aliphatic carbocycles. The Morgan fingerprint density at radius 1 is 1.24 bits per heavy atom. The number of rotatable bonds is 5. The van der Waals surface area contributed by atoms with E-state index in [2.05, 4.69) is 16.6 Å². The van der Waals surface area contributed by atoms with Crippen LogP contribution < -0.4 is 0 Å². The van der Waals surface area contributed by atoms with Gasteiger partial charge in [-0.15, -0.1) is 0 Å². The molecule has 0 atom stereocenters. The van der Waals surface area contributed by atoms with Crippen molar-refractivity contribution in [3.8, 4) is 0 Å². The van der Waals surface area contributed by atoms with Gasteiger partial charge in [0.15, 0.2) is 0 Å². The van der Waals surface area contributed by atoms with Crippen LogP contribution in [-0.2, 0) is 19.6 Å². The van der Waals surface area contributed by atoms with Crippen LogP contribution in [0.25, 0.3) is 0 Å². The van der Waals surface area contributed by atoms with Gasteiger partial charge in [0.25, 0.3) is 0 Å². The predicted molar refractivity (Wildman–Crippen MR) is 64.1 cm³/mol. The van der Waals surface area contributed by atoms with Gasteiger partial charge in [-0.25, -0.2) is 8.42 Å². The van der Waals surface area contributed by atoms with Crippen LogP contribution in [0.5, 0.6) is 0 Å². The number of likely N-dealkylation sites (N-methyl/N-ethyl adjacent to an activating group) is 1. The lowest BCUT2D eigenvalue weighted by Crippen LogP contribution is -2.49. The molecule has 6 nitrogen and oxygen atoms in total. The van der Waals surface area contributed by atoms with Crippen LogP contribution in [0.2, 0.25) is 0 Å². The molecule has 17 heavy (non-hydrogen) atoms. The van der Waals surface area contributed by atoms with Gasteiger partial charge in [-0.3, -0.25) is 4.79 Å². The first-order chi connectivity index (χ1) is 7.99. The number of nitrogens with zero attached hydrogens (tertiary/aromatic N) is 2. The van der Waals surface area contributed by atoms with Crippen molar-refractivity contribution >= 4 is 16.0 Å². The first-order valence-corrected chi connectivity index (χ1v) is 7.37. The molecule has 0 saturated carbocycles. The fourth-order valence-corrected chi connectivity index (χ4v) is 3.17. The van der Waals surface area contributed by atoms with Crippen LogP contribution in [0.1, 0.15) is 13.3 Å². The molecule has 0 aromatic heterocycles. The summed E-state index contributed by atoms with van der Waals surface area (Å²) in [6.07, 6.45) is -0.0766. The van der Waals surface area contributed by atoms with E-state index in [0.29, 0.717) is 13.1 Å². The fraction of sp³-hybridized carbons (Fsp3) is 0.900. The average molecular weight is 264 g/mol. The number of methoxy groups -OCH3 is 1. The molecule has 0 aromatic rings. The molecule has 100 valence electrons. The molecule has 1 rings (SSSR count). The van der Waals surface area contributed by atoms with Crippen LogP contribution in [0.3, 0.4) is 0 Å². The maximum atomic E-state index is 11.9. The average Bonchev–Trinajstić information content (AvgIpc) is 2.36. The highest BCUT2D eigenvalue weighted by Crippen LogP contribution is 2.09. The Bertz CT molecular complexity index is 347. The number of ether oxygens (including phenoxy) is 1. The highest BCUT2D eigenvalue weighted by Gasteiger charge is 2.26. The fourth-order valence-electron chi connectivity index (χ4n) is 1.77. The Balaban J connectivity index is 2.46. The van der Waals surface area contributed by atoms with Crippen LogP contribution in [0.4, 0.5) is 0 Å². The molecule has 0 bridgehead atoms. The summed E-state index contributed by atoms with van der Waals surface area (Å²) in [5.74, 6) is -0.646. The van der Waals surface area contributed by atoms with Crippen molar-refractivity contribution < 1.29 is 17.9 Å². The normalized spacial score (nSPS) is 19.2. The minimum Gasteiger partial charge on any atom is -0.469 e. The largest absolute Gasteiger partial charge is 0.469 e. The van der Waals surface area contributed by atoms with Gasteiger partial charge in [0.2, 0.25) is 10.0 Å². The second-order valence-corrected chi connectivity index (χ2v) is 6.06. The Hall–Kier alpha value is -0.660. The second kappa shape index (κ2) is 6.32. The Morgan fingerprint density at radius 2 is 1.82 bits per heavy atom. The number of carbonyl (C=O) groups is 1. The van der Waals surface area contributed by atoms with Gasteiger partial charge in [0.05, 0.1) is 19.3 Å². The highest BCUT2D eigenvalue weighted by atomic mass is 32.2.